The van der Waals surface area contributed by atoms with Gasteiger partial charge in [0.15, 0.2) is 0 Å². The third-order valence-electron chi connectivity index (χ3n) is 6.28. The molecule has 1 aliphatic rings. The Hall–Kier alpha value is -3.74. The van der Waals surface area contributed by atoms with Gasteiger partial charge in [0.1, 0.15) is 5.75 Å². The van der Waals surface area contributed by atoms with Gasteiger partial charge in [0.05, 0.1) is 10.9 Å². The van der Waals surface area contributed by atoms with Gasteiger partial charge in [-0.05, 0) is 49.3 Å². The Bertz CT molecular complexity index is 1240. The van der Waals surface area contributed by atoms with Crippen molar-refractivity contribution in [3.63, 3.8) is 0 Å². The number of aryl methyl sites for hydroxylation is 1. The van der Waals surface area contributed by atoms with Gasteiger partial charge < -0.3 is 25.2 Å². The standard InChI is InChI=1S/C26H27N3O4/c1-16(17-8-3-2-4-9-17)7-6-14-29-20-10-5-11-22(33-26(32)25(30)31)24(20)23-19(28)13-12-18(27)15-21(23)29/h2-5,8-11,16,27-28H,6-7,12-15H2,1H3,(H,30,31). The molecule has 1 unspecified atom stereocenters. The Morgan fingerprint density at radius 2 is 1.85 bits per heavy atom. The summed E-state index contributed by atoms with van der Waals surface area (Å²) < 4.78 is 7.30. The predicted molar refractivity (Wildman–Crippen MR) is 127 cm³/mol. The number of carbonyl (C=O) groups is 2. The molecule has 0 radical (unpaired) electrons. The molecule has 0 spiro atoms. The zero-order valence-electron chi connectivity index (χ0n) is 18.6. The Balaban J connectivity index is 1.72. The molecule has 3 N–H and O–H groups in total. The molecule has 1 heterocycles. The van der Waals surface area contributed by atoms with Gasteiger partial charge in [-0.3, -0.25) is 0 Å². The molecule has 4 rings (SSSR count). The van der Waals surface area contributed by atoms with Crippen LogP contribution in [0.5, 0.6) is 5.75 Å². The number of hydrogen-bond donors (Lipinski definition) is 3. The molecular formula is C26H27N3O4. The zero-order valence-corrected chi connectivity index (χ0v) is 18.6. The van der Waals surface area contributed by atoms with Crippen LogP contribution in [0.1, 0.15) is 55.3 Å². The summed E-state index contributed by atoms with van der Waals surface area (Å²) in [6.07, 6.45) is 3.23. The molecule has 170 valence electrons. The van der Waals surface area contributed by atoms with Crippen LogP contribution in [0.15, 0.2) is 48.5 Å². The first kappa shape index (κ1) is 22.5. The van der Waals surface area contributed by atoms with E-state index in [0.717, 1.165) is 24.1 Å². The number of benzene rings is 2. The molecule has 0 saturated heterocycles. The van der Waals surface area contributed by atoms with Crippen LogP contribution in [0, 0.1) is 10.8 Å². The average molecular weight is 446 g/mol. The van der Waals surface area contributed by atoms with E-state index in [0.29, 0.717) is 54.1 Å². The number of nitrogens with zero attached hydrogens (tertiary/aromatic N) is 1. The van der Waals surface area contributed by atoms with Gasteiger partial charge in [-0.1, -0.05) is 43.3 Å². The molecule has 3 aromatic rings. The fourth-order valence-corrected chi connectivity index (χ4v) is 4.61. The summed E-state index contributed by atoms with van der Waals surface area (Å²) in [5.74, 6) is -2.47. The normalized spacial score (nSPS) is 14.6. The van der Waals surface area contributed by atoms with Crippen molar-refractivity contribution in [2.75, 3.05) is 0 Å². The lowest BCUT2D eigenvalue weighted by molar-refractivity contribution is -0.157. The quantitative estimate of drug-likeness (QED) is 0.216. The fourth-order valence-electron chi connectivity index (χ4n) is 4.61. The van der Waals surface area contributed by atoms with Crippen molar-refractivity contribution in [1.29, 1.82) is 10.8 Å². The summed E-state index contributed by atoms with van der Waals surface area (Å²) in [5, 5.41) is 26.6. The highest BCUT2D eigenvalue weighted by molar-refractivity contribution is 6.29. The molecule has 0 bridgehead atoms. The number of nitrogens with one attached hydrogen (secondary N) is 2. The zero-order chi connectivity index (χ0) is 23.5. The molecule has 7 heteroatoms. The van der Waals surface area contributed by atoms with E-state index >= 15 is 0 Å². The molecule has 2 aromatic carbocycles. The first-order chi connectivity index (χ1) is 15.9. The van der Waals surface area contributed by atoms with Crippen LogP contribution in [-0.2, 0) is 22.6 Å². The van der Waals surface area contributed by atoms with E-state index in [4.69, 9.17) is 20.7 Å². The summed E-state index contributed by atoms with van der Waals surface area (Å²) in [4.78, 5) is 22.9. The molecule has 0 amide bonds. The summed E-state index contributed by atoms with van der Waals surface area (Å²) in [7, 11) is 0. The molecule has 7 nitrogen and oxygen atoms in total. The molecule has 33 heavy (non-hydrogen) atoms. The van der Waals surface area contributed by atoms with Crippen molar-refractivity contribution >= 4 is 34.3 Å². The Morgan fingerprint density at radius 3 is 2.58 bits per heavy atom. The Labute approximate surface area is 192 Å². The van der Waals surface area contributed by atoms with E-state index in [1.54, 1.807) is 12.1 Å². The van der Waals surface area contributed by atoms with Crippen LogP contribution in [0.25, 0.3) is 10.9 Å². The maximum absolute atomic E-state index is 11.8. The van der Waals surface area contributed by atoms with Gasteiger partial charge in [0, 0.05) is 35.6 Å². The number of aromatic nitrogens is 1. The first-order valence-electron chi connectivity index (χ1n) is 11.1. The largest absolute Gasteiger partial charge is 0.473 e. The van der Waals surface area contributed by atoms with Crippen molar-refractivity contribution < 1.29 is 19.4 Å². The molecular weight excluding hydrogens is 418 g/mol. The molecule has 0 aliphatic heterocycles. The van der Waals surface area contributed by atoms with Crippen LogP contribution in [0.4, 0.5) is 0 Å². The predicted octanol–water partition coefficient (Wildman–Crippen LogP) is 4.94. The van der Waals surface area contributed by atoms with Gasteiger partial charge in [0.25, 0.3) is 0 Å². The highest BCUT2D eigenvalue weighted by Gasteiger charge is 2.27. The van der Waals surface area contributed by atoms with Crippen molar-refractivity contribution in [2.45, 2.75) is 51.5 Å². The third kappa shape index (κ3) is 4.58. The Kier molecular flexibility index (Phi) is 6.40. The van der Waals surface area contributed by atoms with Gasteiger partial charge in [-0.2, -0.15) is 0 Å². The number of carbonyl (C=O) groups excluding carboxylic acids is 1. The summed E-state index contributed by atoms with van der Waals surface area (Å²) in [5.41, 5.74) is 4.56. The SMILES string of the molecule is CC(CCCn1c2c(c3c(OC(=O)C(=O)O)cccc31)C(=N)CCC(=N)C2)c1ccccc1. The molecule has 1 aromatic heterocycles. The number of hydrogen-bond acceptors (Lipinski definition) is 5. The topological polar surface area (TPSA) is 116 Å². The highest BCUT2D eigenvalue weighted by atomic mass is 16.6. The molecule has 1 atom stereocenters. The van der Waals surface area contributed by atoms with Crippen molar-refractivity contribution in [1.82, 2.24) is 4.57 Å². The van der Waals surface area contributed by atoms with Crippen LogP contribution in [0.3, 0.4) is 0 Å². The molecule has 1 aliphatic carbocycles. The summed E-state index contributed by atoms with van der Waals surface area (Å²) in [6.45, 7) is 2.90. The number of carboxylic acids is 1. The lowest BCUT2D eigenvalue weighted by Gasteiger charge is -2.15. The number of ether oxygens (including phenoxy) is 1. The van der Waals surface area contributed by atoms with E-state index in [1.807, 2.05) is 24.3 Å². The number of aliphatic carboxylic acids is 1. The minimum atomic E-state index is -1.66. The van der Waals surface area contributed by atoms with Gasteiger partial charge >= 0.3 is 11.9 Å². The average Bonchev–Trinajstić information content (AvgIpc) is 3.03. The maximum atomic E-state index is 11.8. The minimum absolute atomic E-state index is 0.144. The lowest BCUT2D eigenvalue weighted by Crippen LogP contribution is -2.19. The second-order valence-corrected chi connectivity index (χ2v) is 8.53. The first-order valence-corrected chi connectivity index (χ1v) is 11.1. The third-order valence-corrected chi connectivity index (χ3v) is 6.28. The minimum Gasteiger partial charge on any atom is -0.473 e. The van der Waals surface area contributed by atoms with Crippen LogP contribution < -0.4 is 4.74 Å². The van der Waals surface area contributed by atoms with E-state index in [2.05, 4.69) is 23.6 Å². The van der Waals surface area contributed by atoms with Crippen LogP contribution in [-0.4, -0.2) is 33.0 Å². The van der Waals surface area contributed by atoms with Crippen molar-refractivity contribution in [3.8, 4) is 5.75 Å². The van der Waals surface area contributed by atoms with Crippen LogP contribution in [0.2, 0.25) is 0 Å². The second-order valence-electron chi connectivity index (χ2n) is 8.53. The molecule has 0 saturated carbocycles. The van der Waals surface area contributed by atoms with Gasteiger partial charge in [0.2, 0.25) is 0 Å². The van der Waals surface area contributed by atoms with Crippen LogP contribution >= 0.6 is 0 Å². The van der Waals surface area contributed by atoms with E-state index < -0.39 is 11.9 Å². The van der Waals surface area contributed by atoms with Gasteiger partial charge in [-0.15, -0.1) is 0 Å². The van der Waals surface area contributed by atoms with Crippen molar-refractivity contribution in [2.24, 2.45) is 0 Å². The molecule has 0 fully saturated rings. The van der Waals surface area contributed by atoms with E-state index in [1.165, 1.54) is 5.56 Å². The van der Waals surface area contributed by atoms with Crippen molar-refractivity contribution in [3.05, 3.63) is 65.4 Å². The smallest absolute Gasteiger partial charge is 0.422 e. The number of fused-ring (bicyclic) bond motifs is 3. The van der Waals surface area contributed by atoms with E-state index in [-0.39, 0.29) is 5.75 Å². The monoisotopic (exact) mass is 445 g/mol. The number of esters is 1. The lowest BCUT2D eigenvalue weighted by atomic mass is 9.96. The fraction of sp³-hybridized carbons (Fsp3) is 0.308. The number of rotatable bonds is 6. The highest BCUT2D eigenvalue weighted by Crippen LogP contribution is 2.37. The number of carboxylic acid groups (broad SMARTS) is 1. The van der Waals surface area contributed by atoms with Gasteiger partial charge in [-0.25, -0.2) is 9.59 Å². The second kappa shape index (κ2) is 9.40. The van der Waals surface area contributed by atoms with E-state index in [9.17, 15) is 9.59 Å². The summed E-state index contributed by atoms with van der Waals surface area (Å²) >= 11 is 0. The maximum Gasteiger partial charge on any atom is 0.422 e. The Morgan fingerprint density at radius 1 is 1.09 bits per heavy atom. The summed E-state index contributed by atoms with van der Waals surface area (Å²) in [6, 6.07) is 15.6.